The Hall–Kier alpha value is -4.61. The van der Waals surface area contributed by atoms with Crippen molar-refractivity contribution >= 4 is 17.5 Å². The molecule has 3 heterocycles. The third-order valence-corrected chi connectivity index (χ3v) is 5.93. The summed E-state index contributed by atoms with van der Waals surface area (Å²) in [5, 5.41) is 10.3. The number of hydrogen-bond acceptors (Lipinski definition) is 5. The molecule has 1 amide bonds. The number of alkyl halides is 3. The number of halogens is 4. The van der Waals surface area contributed by atoms with Gasteiger partial charge in [0.1, 0.15) is 17.7 Å². The average molecular weight is 523 g/mol. The van der Waals surface area contributed by atoms with Crippen molar-refractivity contribution in [3.8, 4) is 11.3 Å². The van der Waals surface area contributed by atoms with Gasteiger partial charge in [0.25, 0.3) is 5.91 Å². The number of hydrogen-bond donors (Lipinski definition) is 1. The van der Waals surface area contributed by atoms with E-state index < -0.39 is 23.6 Å². The number of carbonyl (C=O) groups is 1. The Labute approximate surface area is 214 Å². The Kier molecular flexibility index (Phi) is 6.39. The maximum Gasteiger partial charge on any atom is 0.433 e. The van der Waals surface area contributed by atoms with Crippen LogP contribution in [-0.2, 0) is 12.7 Å². The van der Waals surface area contributed by atoms with Crippen LogP contribution in [-0.4, -0.2) is 35.3 Å². The molecule has 1 N–H and O–H groups in total. The van der Waals surface area contributed by atoms with Gasteiger partial charge >= 0.3 is 6.18 Å². The largest absolute Gasteiger partial charge is 0.433 e. The van der Waals surface area contributed by atoms with E-state index in [1.807, 2.05) is 26.0 Å². The van der Waals surface area contributed by atoms with Gasteiger partial charge in [0.2, 0.25) is 5.95 Å². The maximum absolute atomic E-state index is 13.9. The van der Waals surface area contributed by atoms with Gasteiger partial charge in [-0.25, -0.2) is 23.6 Å². The Balaban J connectivity index is 1.47. The van der Waals surface area contributed by atoms with Crippen LogP contribution in [0.3, 0.4) is 0 Å². The summed E-state index contributed by atoms with van der Waals surface area (Å²) < 4.78 is 57.6. The zero-order chi connectivity index (χ0) is 27.0. The number of aromatic nitrogens is 6. The van der Waals surface area contributed by atoms with Gasteiger partial charge in [0, 0.05) is 11.1 Å². The zero-order valence-electron chi connectivity index (χ0n) is 20.2. The van der Waals surface area contributed by atoms with E-state index in [4.69, 9.17) is 0 Å². The lowest BCUT2D eigenvalue weighted by molar-refractivity contribution is -0.142. The van der Waals surface area contributed by atoms with E-state index in [1.54, 1.807) is 30.3 Å². The van der Waals surface area contributed by atoms with Crippen LogP contribution in [0.1, 0.15) is 46.9 Å². The van der Waals surface area contributed by atoms with Crippen LogP contribution in [0.5, 0.6) is 0 Å². The monoisotopic (exact) mass is 523 g/mol. The molecule has 2 aromatic carbocycles. The minimum Gasteiger partial charge on any atom is -0.289 e. The number of carbonyl (C=O) groups excluding carboxylic acids is 1. The Morgan fingerprint density at radius 2 is 1.82 bits per heavy atom. The quantitative estimate of drug-likeness (QED) is 0.294. The molecule has 0 atom stereocenters. The molecule has 0 aliphatic carbocycles. The summed E-state index contributed by atoms with van der Waals surface area (Å²) in [7, 11) is 0. The molecule has 3 aromatic heterocycles. The van der Waals surface area contributed by atoms with Crippen molar-refractivity contribution in [1.29, 1.82) is 0 Å². The Morgan fingerprint density at radius 3 is 2.50 bits per heavy atom. The minimum atomic E-state index is -4.75. The number of rotatable bonds is 6. The molecular weight excluding hydrogens is 502 g/mol. The predicted octanol–water partition coefficient (Wildman–Crippen LogP) is 5.57. The van der Waals surface area contributed by atoms with E-state index in [9.17, 15) is 22.4 Å². The van der Waals surface area contributed by atoms with Gasteiger partial charge in [0.15, 0.2) is 11.3 Å². The van der Waals surface area contributed by atoms with Crippen molar-refractivity contribution in [3.05, 3.63) is 95.3 Å². The first-order valence-electron chi connectivity index (χ1n) is 11.6. The molecule has 5 rings (SSSR count). The summed E-state index contributed by atoms with van der Waals surface area (Å²) in [5.74, 6) is -1.07. The van der Waals surface area contributed by atoms with E-state index in [2.05, 4.69) is 25.5 Å². The van der Waals surface area contributed by atoms with Crippen molar-refractivity contribution in [3.63, 3.8) is 0 Å². The molecule has 0 bridgehead atoms. The van der Waals surface area contributed by atoms with Gasteiger partial charge < -0.3 is 0 Å². The average Bonchev–Trinajstić information content (AvgIpc) is 3.51. The van der Waals surface area contributed by atoms with Crippen molar-refractivity contribution in [2.45, 2.75) is 32.5 Å². The van der Waals surface area contributed by atoms with Crippen LogP contribution in [0, 0.1) is 5.82 Å². The highest BCUT2D eigenvalue weighted by molar-refractivity contribution is 6.07. The normalized spacial score (nSPS) is 11.9. The van der Waals surface area contributed by atoms with Gasteiger partial charge in [0.05, 0.1) is 18.4 Å². The molecule has 5 aromatic rings. The molecule has 8 nitrogen and oxygen atoms in total. The number of anilines is 1. The van der Waals surface area contributed by atoms with Crippen molar-refractivity contribution in [2.75, 3.05) is 5.32 Å². The fourth-order valence-electron chi connectivity index (χ4n) is 3.91. The summed E-state index contributed by atoms with van der Waals surface area (Å²) >= 11 is 0. The molecule has 0 unspecified atom stereocenters. The van der Waals surface area contributed by atoms with Crippen molar-refractivity contribution in [2.24, 2.45) is 0 Å². The topological polar surface area (TPSA) is 90.0 Å². The lowest BCUT2D eigenvalue weighted by Gasteiger charge is -2.12. The van der Waals surface area contributed by atoms with Crippen LogP contribution < -0.4 is 5.32 Å². The summed E-state index contributed by atoms with van der Waals surface area (Å²) in [6.07, 6.45) is -2.44. The lowest BCUT2D eigenvalue weighted by Crippen LogP contribution is -2.16. The van der Waals surface area contributed by atoms with Crippen LogP contribution in [0.15, 0.2) is 67.1 Å². The summed E-state index contributed by atoms with van der Waals surface area (Å²) in [6.45, 7) is 4.09. The fraction of sp³-hybridized carbons (Fsp3) is 0.192. The lowest BCUT2D eigenvalue weighted by atomic mass is 10.0. The Bertz CT molecular complexity index is 1620. The summed E-state index contributed by atoms with van der Waals surface area (Å²) in [5.41, 5.74) is 0.364. The van der Waals surface area contributed by atoms with Gasteiger partial charge in [-0.2, -0.15) is 18.3 Å². The number of nitrogens with one attached hydrogen (secondary N) is 1. The Morgan fingerprint density at radius 1 is 1.08 bits per heavy atom. The molecule has 0 saturated carbocycles. The second-order valence-electron chi connectivity index (χ2n) is 8.91. The molecule has 12 heteroatoms. The molecule has 0 spiro atoms. The van der Waals surface area contributed by atoms with E-state index in [-0.39, 0.29) is 35.3 Å². The minimum absolute atomic E-state index is 0.0435. The third kappa shape index (κ3) is 4.97. The van der Waals surface area contributed by atoms with Gasteiger partial charge in [-0.05, 0) is 23.6 Å². The van der Waals surface area contributed by atoms with Crippen LogP contribution in [0.2, 0.25) is 0 Å². The summed E-state index contributed by atoms with van der Waals surface area (Å²) in [4.78, 5) is 21.3. The number of fused-ring (bicyclic) bond motifs is 1. The van der Waals surface area contributed by atoms with Crippen molar-refractivity contribution < 1.29 is 22.4 Å². The highest BCUT2D eigenvalue weighted by atomic mass is 19.4. The first kappa shape index (κ1) is 25.1. The van der Waals surface area contributed by atoms with Crippen LogP contribution in [0.4, 0.5) is 23.5 Å². The second-order valence-corrected chi connectivity index (χ2v) is 8.91. The van der Waals surface area contributed by atoms with E-state index in [1.165, 1.54) is 17.1 Å². The molecule has 38 heavy (non-hydrogen) atoms. The van der Waals surface area contributed by atoms with Crippen LogP contribution >= 0.6 is 0 Å². The highest BCUT2D eigenvalue weighted by Crippen LogP contribution is 2.33. The molecule has 0 aliphatic rings. The first-order chi connectivity index (χ1) is 18.1. The van der Waals surface area contributed by atoms with Gasteiger partial charge in [-0.1, -0.05) is 56.3 Å². The zero-order valence-corrected chi connectivity index (χ0v) is 20.2. The van der Waals surface area contributed by atoms with E-state index in [0.717, 1.165) is 17.8 Å². The maximum atomic E-state index is 13.9. The number of benzene rings is 2. The van der Waals surface area contributed by atoms with E-state index in [0.29, 0.717) is 15.6 Å². The molecule has 194 valence electrons. The standard InChI is InChI=1S/C26H21F4N7O/c1-15(2)16-7-9-17(10-8-16)21-11-22(26(28,29)30)37-23(33-21)19(12-32-37)24(38)34-25-31-14-36(35-25)13-18-5-3-4-6-20(18)27/h3-12,14-15H,13H2,1-2H3,(H,34,35,38). The molecule has 0 saturated heterocycles. The third-order valence-electron chi connectivity index (χ3n) is 5.93. The van der Waals surface area contributed by atoms with Crippen molar-refractivity contribution in [1.82, 2.24) is 29.4 Å². The predicted molar refractivity (Wildman–Crippen MR) is 131 cm³/mol. The summed E-state index contributed by atoms with van der Waals surface area (Å²) in [6, 6.07) is 14.1. The number of nitrogens with zero attached hydrogens (tertiary/aromatic N) is 6. The first-order valence-corrected chi connectivity index (χ1v) is 11.6. The fourth-order valence-corrected chi connectivity index (χ4v) is 3.91. The van der Waals surface area contributed by atoms with E-state index >= 15 is 0 Å². The molecule has 0 fully saturated rings. The van der Waals surface area contributed by atoms with Crippen LogP contribution in [0.25, 0.3) is 16.9 Å². The number of amides is 1. The smallest absolute Gasteiger partial charge is 0.289 e. The SMILES string of the molecule is CC(C)c1ccc(-c2cc(C(F)(F)F)n3ncc(C(=O)Nc4ncn(Cc5ccccc5F)n4)c3n2)cc1. The van der Waals surface area contributed by atoms with Gasteiger partial charge in [-0.3, -0.25) is 10.1 Å². The second kappa shape index (κ2) is 9.69. The molecular formula is C26H21F4N7O. The highest BCUT2D eigenvalue weighted by Gasteiger charge is 2.36. The van der Waals surface area contributed by atoms with Gasteiger partial charge in [-0.15, -0.1) is 5.10 Å². The molecule has 0 radical (unpaired) electrons. The molecule has 0 aliphatic heterocycles.